The highest BCUT2D eigenvalue weighted by molar-refractivity contribution is 5.79. The average molecular weight is 266 g/mol. The number of aromatic hydroxyl groups is 1. The molecule has 3 aromatic rings. The van der Waals surface area contributed by atoms with E-state index in [4.69, 9.17) is 4.42 Å². The summed E-state index contributed by atoms with van der Waals surface area (Å²) < 4.78 is 5.69. The van der Waals surface area contributed by atoms with E-state index < -0.39 is 0 Å². The van der Waals surface area contributed by atoms with Gasteiger partial charge in [0.2, 0.25) is 0 Å². The molecule has 0 bridgehead atoms. The van der Waals surface area contributed by atoms with Crippen LogP contribution in [0.25, 0.3) is 11.0 Å². The average Bonchev–Trinajstić information content (AvgIpc) is 2.46. The Labute approximate surface area is 116 Å². The van der Waals surface area contributed by atoms with Gasteiger partial charge in [0.05, 0.1) is 5.39 Å². The first-order chi connectivity index (χ1) is 9.65. The van der Waals surface area contributed by atoms with E-state index >= 15 is 0 Å². The number of hydrogen-bond acceptors (Lipinski definition) is 3. The molecule has 0 atom stereocenters. The number of rotatable bonds is 2. The molecule has 0 spiro atoms. The summed E-state index contributed by atoms with van der Waals surface area (Å²) in [4.78, 5) is 12.5. The van der Waals surface area contributed by atoms with Gasteiger partial charge in [-0.05, 0) is 30.7 Å². The maximum atomic E-state index is 12.5. The number of phenols is 1. The van der Waals surface area contributed by atoms with Crippen molar-refractivity contribution >= 4 is 11.0 Å². The zero-order valence-electron chi connectivity index (χ0n) is 11.1. The lowest BCUT2D eigenvalue weighted by Crippen LogP contribution is -2.11. The first-order valence-electron chi connectivity index (χ1n) is 6.44. The van der Waals surface area contributed by atoms with E-state index in [1.165, 1.54) is 12.1 Å². The van der Waals surface area contributed by atoms with Gasteiger partial charge < -0.3 is 9.52 Å². The van der Waals surface area contributed by atoms with Crippen LogP contribution in [0.2, 0.25) is 0 Å². The Balaban J connectivity index is 2.18. The molecule has 0 saturated carbocycles. The van der Waals surface area contributed by atoms with E-state index in [1.54, 1.807) is 13.0 Å². The lowest BCUT2D eigenvalue weighted by molar-refractivity contribution is 0.475. The van der Waals surface area contributed by atoms with Crippen molar-refractivity contribution in [2.75, 3.05) is 0 Å². The van der Waals surface area contributed by atoms with Crippen molar-refractivity contribution in [3.63, 3.8) is 0 Å². The quantitative estimate of drug-likeness (QED) is 0.773. The van der Waals surface area contributed by atoms with Gasteiger partial charge in [-0.15, -0.1) is 0 Å². The summed E-state index contributed by atoms with van der Waals surface area (Å²) in [6.07, 6.45) is 0.528. The number of hydrogen-bond donors (Lipinski definition) is 1. The Hall–Kier alpha value is -2.55. The SMILES string of the molecule is Cc1oc2ccc(O)cc2c(=O)c1Cc1ccccc1. The van der Waals surface area contributed by atoms with Crippen LogP contribution in [0.1, 0.15) is 16.9 Å². The molecule has 3 heteroatoms. The van der Waals surface area contributed by atoms with Gasteiger partial charge >= 0.3 is 0 Å². The molecular formula is C17H14O3. The maximum Gasteiger partial charge on any atom is 0.196 e. The minimum atomic E-state index is -0.0801. The molecule has 3 nitrogen and oxygen atoms in total. The predicted octanol–water partition coefficient (Wildman–Crippen LogP) is 3.40. The molecule has 3 rings (SSSR count). The van der Waals surface area contributed by atoms with Gasteiger partial charge in [0.1, 0.15) is 17.1 Å². The highest BCUT2D eigenvalue weighted by Gasteiger charge is 2.12. The van der Waals surface area contributed by atoms with E-state index in [2.05, 4.69) is 0 Å². The van der Waals surface area contributed by atoms with Gasteiger partial charge in [0.15, 0.2) is 5.43 Å². The molecular weight excluding hydrogens is 252 g/mol. The second kappa shape index (κ2) is 4.85. The molecule has 0 aliphatic rings. The molecule has 0 amide bonds. The van der Waals surface area contributed by atoms with Crippen molar-refractivity contribution in [3.8, 4) is 5.75 Å². The van der Waals surface area contributed by atoms with Crippen molar-refractivity contribution < 1.29 is 9.52 Å². The summed E-state index contributed by atoms with van der Waals surface area (Å²) in [5.41, 5.74) is 2.11. The number of aryl methyl sites for hydroxylation is 1. The lowest BCUT2D eigenvalue weighted by atomic mass is 10.0. The van der Waals surface area contributed by atoms with E-state index in [0.29, 0.717) is 28.7 Å². The lowest BCUT2D eigenvalue weighted by Gasteiger charge is -2.07. The second-order valence-corrected chi connectivity index (χ2v) is 4.81. The van der Waals surface area contributed by atoms with Crippen molar-refractivity contribution in [1.29, 1.82) is 0 Å². The third-order valence-corrected chi connectivity index (χ3v) is 3.39. The Morgan fingerprint density at radius 3 is 2.60 bits per heavy atom. The number of fused-ring (bicyclic) bond motifs is 1. The fourth-order valence-electron chi connectivity index (χ4n) is 2.34. The van der Waals surface area contributed by atoms with Crippen LogP contribution in [0.15, 0.2) is 57.7 Å². The highest BCUT2D eigenvalue weighted by atomic mass is 16.3. The number of phenolic OH excluding ortho intramolecular Hbond substituents is 1. The van der Waals surface area contributed by atoms with Crippen molar-refractivity contribution in [3.05, 3.63) is 75.6 Å². The molecule has 0 aliphatic heterocycles. The molecule has 0 radical (unpaired) electrons. The Bertz CT molecular complexity index is 817. The second-order valence-electron chi connectivity index (χ2n) is 4.81. The monoisotopic (exact) mass is 266 g/mol. The summed E-state index contributed by atoms with van der Waals surface area (Å²) in [6.45, 7) is 1.80. The summed E-state index contributed by atoms with van der Waals surface area (Å²) in [5, 5.41) is 9.94. The number of benzene rings is 2. The third-order valence-electron chi connectivity index (χ3n) is 3.39. The zero-order valence-corrected chi connectivity index (χ0v) is 11.1. The summed E-state index contributed by atoms with van der Waals surface area (Å²) in [6, 6.07) is 14.4. The van der Waals surface area contributed by atoms with Crippen LogP contribution in [0.5, 0.6) is 5.75 Å². The molecule has 0 aliphatic carbocycles. The minimum absolute atomic E-state index is 0.0688. The summed E-state index contributed by atoms with van der Waals surface area (Å²) in [5.74, 6) is 0.691. The Morgan fingerprint density at radius 2 is 1.85 bits per heavy atom. The molecule has 1 N–H and O–H groups in total. The van der Waals surface area contributed by atoms with Crippen LogP contribution in [0, 0.1) is 6.92 Å². The third kappa shape index (κ3) is 2.18. The standard InChI is InChI=1S/C17H14O3/c1-11-14(9-12-5-3-2-4-6-12)17(19)15-10-13(18)7-8-16(15)20-11/h2-8,10,18H,9H2,1H3. The molecule has 0 saturated heterocycles. The van der Waals surface area contributed by atoms with Gasteiger partial charge in [0, 0.05) is 12.0 Å². The van der Waals surface area contributed by atoms with E-state index in [-0.39, 0.29) is 11.2 Å². The van der Waals surface area contributed by atoms with Gasteiger partial charge in [-0.3, -0.25) is 4.79 Å². The van der Waals surface area contributed by atoms with Crippen molar-refractivity contribution in [2.45, 2.75) is 13.3 Å². The largest absolute Gasteiger partial charge is 0.508 e. The van der Waals surface area contributed by atoms with Crippen LogP contribution in [0.4, 0.5) is 0 Å². The van der Waals surface area contributed by atoms with Gasteiger partial charge in [-0.25, -0.2) is 0 Å². The fourth-order valence-corrected chi connectivity index (χ4v) is 2.34. The molecule has 0 unspecified atom stereocenters. The Kier molecular flexibility index (Phi) is 3.03. The molecule has 1 heterocycles. The minimum Gasteiger partial charge on any atom is -0.508 e. The van der Waals surface area contributed by atoms with E-state index in [1.807, 2.05) is 30.3 Å². The maximum absolute atomic E-state index is 12.5. The molecule has 100 valence electrons. The summed E-state index contributed by atoms with van der Waals surface area (Å²) in [7, 11) is 0. The Morgan fingerprint density at radius 1 is 1.10 bits per heavy atom. The smallest absolute Gasteiger partial charge is 0.196 e. The van der Waals surface area contributed by atoms with Gasteiger partial charge in [-0.1, -0.05) is 30.3 Å². The van der Waals surface area contributed by atoms with Crippen LogP contribution in [-0.2, 0) is 6.42 Å². The topological polar surface area (TPSA) is 50.4 Å². The highest BCUT2D eigenvalue weighted by Crippen LogP contribution is 2.21. The van der Waals surface area contributed by atoms with Crippen LogP contribution in [0.3, 0.4) is 0 Å². The van der Waals surface area contributed by atoms with Crippen LogP contribution >= 0.6 is 0 Å². The summed E-state index contributed by atoms with van der Waals surface area (Å²) >= 11 is 0. The molecule has 2 aromatic carbocycles. The molecule has 20 heavy (non-hydrogen) atoms. The normalized spacial score (nSPS) is 10.8. The van der Waals surface area contributed by atoms with Gasteiger partial charge in [0.25, 0.3) is 0 Å². The van der Waals surface area contributed by atoms with E-state index in [0.717, 1.165) is 5.56 Å². The van der Waals surface area contributed by atoms with Crippen molar-refractivity contribution in [2.24, 2.45) is 0 Å². The molecule has 0 fully saturated rings. The fraction of sp³-hybridized carbons (Fsp3) is 0.118. The van der Waals surface area contributed by atoms with Crippen LogP contribution < -0.4 is 5.43 Å². The van der Waals surface area contributed by atoms with Gasteiger partial charge in [-0.2, -0.15) is 0 Å². The predicted molar refractivity (Wildman–Crippen MR) is 78.1 cm³/mol. The van der Waals surface area contributed by atoms with Crippen LogP contribution in [-0.4, -0.2) is 5.11 Å². The molecule has 1 aromatic heterocycles. The van der Waals surface area contributed by atoms with Crippen molar-refractivity contribution in [1.82, 2.24) is 0 Å². The van der Waals surface area contributed by atoms with E-state index in [9.17, 15) is 9.90 Å². The zero-order chi connectivity index (χ0) is 14.1. The first kappa shape index (κ1) is 12.5. The first-order valence-corrected chi connectivity index (χ1v) is 6.44.